The molecule has 0 aromatic heterocycles. The maximum atomic E-state index is 13.4. The van der Waals surface area contributed by atoms with E-state index in [0.29, 0.717) is 6.54 Å². The predicted octanol–water partition coefficient (Wildman–Crippen LogP) is -0.202. The van der Waals surface area contributed by atoms with Gasteiger partial charge >= 0.3 is 0 Å². The summed E-state index contributed by atoms with van der Waals surface area (Å²) in [5, 5.41) is 8.50. The van der Waals surface area contributed by atoms with Gasteiger partial charge in [-0.25, -0.2) is 4.39 Å². The molecule has 0 bridgehead atoms. The van der Waals surface area contributed by atoms with Crippen LogP contribution in [-0.4, -0.2) is 35.6 Å². The van der Waals surface area contributed by atoms with Gasteiger partial charge in [-0.3, -0.25) is 9.69 Å². The van der Waals surface area contributed by atoms with Gasteiger partial charge in [-0.1, -0.05) is 0 Å². The van der Waals surface area contributed by atoms with Crippen molar-refractivity contribution < 1.29 is 9.18 Å². The average molecular weight is 185 g/mol. The maximum Gasteiger partial charge on any atom is 0.234 e. The van der Waals surface area contributed by atoms with Gasteiger partial charge in [0, 0.05) is 19.5 Å². The van der Waals surface area contributed by atoms with Crippen LogP contribution in [0.3, 0.4) is 0 Å². The third kappa shape index (κ3) is 1.95. The normalized spacial score (nSPS) is 31.2. The molecule has 0 aliphatic carbocycles. The van der Waals surface area contributed by atoms with Crippen molar-refractivity contribution in [2.45, 2.75) is 25.1 Å². The van der Waals surface area contributed by atoms with Crippen LogP contribution in [0.4, 0.5) is 4.39 Å². The number of hydrogen-bond acceptors (Lipinski definition) is 3. The predicted molar refractivity (Wildman–Crippen MR) is 44.3 cm³/mol. The summed E-state index contributed by atoms with van der Waals surface area (Å²) < 4.78 is 13.4. The van der Waals surface area contributed by atoms with Crippen LogP contribution in [0.1, 0.15) is 13.3 Å². The van der Waals surface area contributed by atoms with Crippen LogP contribution in [-0.2, 0) is 4.79 Å². The highest BCUT2D eigenvalue weighted by molar-refractivity contribution is 5.79. The number of carbonyl (C=O) groups is 1. The van der Waals surface area contributed by atoms with E-state index < -0.39 is 17.6 Å². The number of carbonyl (C=O) groups excluding carboxylic acids is 1. The molecule has 2 N–H and O–H groups in total. The van der Waals surface area contributed by atoms with Gasteiger partial charge in [0.15, 0.2) is 0 Å². The standard InChI is InChI=1S/C8H12FN3O/c1-6(7(11)13)12-3-2-8(9,4-10)5-12/h6H,2-3,5H2,1H3,(H2,11,13). The van der Waals surface area contributed by atoms with E-state index in [0.717, 1.165) is 0 Å². The van der Waals surface area contributed by atoms with Gasteiger partial charge in [-0.15, -0.1) is 0 Å². The second-order valence-electron chi connectivity index (χ2n) is 3.38. The molecule has 0 spiro atoms. The van der Waals surface area contributed by atoms with Crippen LogP contribution >= 0.6 is 0 Å². The molecule has 0 saturated carbocycles. The SMILES string of the molecule is CC(C(N)=O)N1CCC(F)(C#N)C1. The summed E-state index contributed by atoms with van der Waals surface area (Å²) in [7, 11) is 0. The average Bonchev–Trinajstić information content (AvgIpc) is 2.47. The highest BCUT2D eigenvalue weighted by Crippen LogP contribution is 2.25. The Kier molecular flexibility index (Phi) is 2.52. The number of amides is 1. The molecule has 1 fully saturated rings. The van der Waals surface area contributed by atoms with Gasteiger partial charge in [0.2, 0.25) is 11.6 Å². The largest absolute Gasteiger partial charge is 0.368 e. The number of hydrogen-bond donors (Lipinski definition) is 1. The minimum Gasteiger partial charge on any atom is -0.368 e. The van der Waals surface area contributed by atoms with Gasteiger partial charge in [-0.05, 0) is 6.92 Å². The number of alkyl halides is 1. The molecule has 0 aromatic rings. The molecule has 2 unspecified atom stereocenters. The molecule has 1 aliphatic heterocycles. The quantitative estimate of drug-likeness (QED) is 0.647. The molecule has 72 valence electrons. The first kappa shape index (κ1) is 9.93. The maximum absolute atomic E-state index is 13.4. The molecule has 1 aliphatic rings. The van der Waals surface area contributed by atoms with Gasteiger partial charge < -0.3 is 5.73 Å². The van der Waals surface area contributed by atoms with Crippen LogP contribution in [0.5, 0.6) is 0 Å². The monoisotopic (exact) mass is 185 g/mol. The Morgan fingerprint density at radius 2 is 2.46 bits per heavy atom. The zero-order valence-electron chi connectivity index (χ0n) is 7.46. The molecule has 5 heteroatoms. The van der Waals surface area contributed by atoms with Crippen molar-refractivity contribution in [2.75, 3.05) is 13.1 Å². The van der Waals surface area contributed by atoms with E-state index in [1.165, 1.54) is 0 Å². The minimum atomic E-state index is -1.80. The number of nitriles is 1. The van der Waals surface area contributed by atoms with Crippen molar-refractivity contribution in [3.8, 4) is 6.07 Å². The number of nitrogens with zero attached hydrogens (tertiary/aromatic N) is 2. The van der Waals surface area contributed by atoms with Crippen LogP contribution < -0.4 is 5.73 Å². The summed E-state index contributed by atoms with van der Waals surface area (Å²) in [5.74, 6) is -0.484. The smallest absolute Gasteiger partial charge is 0.234 e. The summed E-state index contributed by atoms with van der Waals surface area (Å²) >= 11 is 0. The molecular formula is C8H12FN3O. The second-order valence-corrected chi connectivity index (χ2v) is 3.38. The Morgan fingerprint density at radius 1 is 1.85 bits per heavy atom. The fraction of sp³-hybridized carbons (Fsp3) is 0.750. The minimum absolute atomic E-state index is 0.0202. The molecular weight excluding hydrogens is 173 g/mol. The van der Waals surface area contributed by atoms with Crippen LogP contribution in [0.15, 0.2) is 0 Å². The molecule has 2 atom stereocenters. The summed E-state index contributed by atoms with van der Waals surface area (Å²) in [4.78, 5) is 12.3. The fourth-order valence-electron chi connectivity index (χ4n) is 1.40. The Bertz CT molecular complexity index is 263. The van der Waals surface area contributed by atoms with Crippen molar-refractivity contribution in [3.05, 3.63) is 0 Å². The molecule has 1 amide bonds. The lowest BCUT2D eigenvalue weighted by atomic mass is 10.1. The van der Waals surface area contributed by atoms with E-state index in [9.17, 15) is 9.18 Å². The van der Waals surface area contributed by atoms with Crippen molar-refractivity contribution in [1.29, 1.82) is 5.26 Å². The fourth-order valence-corrected chi connectivity index (χ4v) is 1.40. The summed E-state index contributed by atoms with van der Waals surface area (Å²) in [5.41, 5.74) is 3.26. The summed E-state index contributed by atoms with van der Waals surface area (Å²) in [6.45, 7) is 2.01. The van der Waals surface area contributed by atoms with E-state index in [4.69, 9.17) is 11.0 Å². The number of likely N-dealkylation sites (tertiary alicyclic amines) is 1. The summed E-state index contributed by atoms with van der Waals surface area (Å²) in [6.07, 6.45) is 0.154. The lowest BCUT2D eigenvalue weighted by Gasteiger charge is -2.20. The molecule has 4 nitrogen and oxygen atoms in total. The number of rotatable bonds is 2. The highest BCUT2D eigenvalue weighted by atomic mass is 19.1. The number of primary amides is 1. The lowest BCUT2D eigenvalue weighted by molar-refractivity contribution is -0.122. The first-order chi connectivity index (χ1) is 5.98. The molecule has 1 heterocycles. The molecule has 13 heavy (non-hydrogen) atoms. The van der Waals surface area contributed by atoms with Gasteiger partial charge in [0.1, 0.15) is 6.07 Å². The van der Waals surface area contributed by atoms with Gasteiger partial charge in [0.25, 0.3) is 0 Å². The molecule has 1 saturated heterocycles. The Labute approximate surface area is 76.1 Å². The first-order valence-electron chi connectivity index (χ1n) is 4.12. The summed E-state index contributed by atoms with van der Waals surface area (Å²) in [6, 6.07) is 1.11. The van der Waals surface area contributed by atoms with Gasteiger partial charge in [0.05, 0.1) is 6.04 Å². The Hall–Kier alpha value is -1.15. The van der Waals surface area contributed by atoms with E-state index >= 15 is 0 Å². The van der Waals surface area contributed by atoms with Crippen molar-refractivity contribution in [1.82, 2.24) is 4.90 Å². The zero-order valence-corrected chi connectivity index (χ0v) is 7.46. The van der Waals surface area contributed by atoms with Gasteiger partial charge in [-0.2, -0.15) is 5.26 Å². The van der Waals surface area contributed by atoms with Crippen molar-refractivity contribution >= 4 is 5.91 Å². The number of halogens is 1. The topological polar surface area (TPSA) is 70.1 Å². The Balaban J connectivity index is 2.61. The van der Waals surface area contributed by atoms with Crippen molar-refractivity contribution in [3.63, 3.8) is 0 Å². The lowest BCUT2D eigenvalue weighted by Crippen LogP contribution is -2.42. The zero-order chi connectivity index (χ0) is 10.1. The molecule has 1 rings (SSSR count). The van der Waals surface area contributed by atoms with Crippen LogP contribution in [0, 0.1) is 11.3 Å². The van der Waals surface area contributed by atoms with E-state index in [1.807, 2.05) is 0 Å². The van der Waals surface area contributed by atoms with E-state index in [-0.39, 0.29) is 13.0 Å². The molecule has 0 radical (unpaired) electrons. The highest BCUT2D eigenvalue weighted by Gasteiger charge is 2.41. The van der Waals surface area contributed by atoms with Crippen LogP contribution in [0.2, 0.25) is 0 Å². The number of nitrogens with two attached hydrogens (primary N) is 1. The third-order valence-corrected chi connectivity index (χ3v) is 2.41. The van der Waals surface area contributed by atoms with E-state index in [1.54, 1.807) is 17.9 Å². The first-order valence-corrected chi connectivity index (χ1v) is 4.12. The van der Waals surface area contributed by atoms with Crippen LogP contribution in [0.25, 0.3) is 0 Å². The second kappa shape index (κ2) is 3.30. The van der Waals surface area contributed by atoms with E-state index in [2.05, 4.69) is 0 Å². The third-order valence-electron chi connectivity index (χ3n) is 2.41. The van der Waals surface area contributed by atoms with Crippen molar-refractivity contribution in [2.24, 2.45) is 5.73 Å². The Morgan fingerprint density at radius 3 is 2.85 bits per heavy atom. The molecule has 0 aromatic carbocycles.